The minimum absolute atomic E-state index is 0.294. The Morgan fingerprint density at radius 2 is 1.09 bits per heavy atom. The smallest absolute Gasteiger partial charge is 0.0523 e. The number of hydrogen-bond acceptors (Lipinski definition) is 0. The van der Waals surface area contributed by atoms with Crippen LogP contribution in [0.25, 0.3) is 11.1 Å². The first kappa shape index (κ1) is 27.2. The molecule has 4 rings (SSSR count). The lowest BCUT2D eigenvalue weighted by Gasteiger charge is -2.41. The van der Waals surface area contributed by atoms with Crippen LogP contribution < -0.4 is 5.30 Å². The predicted molar refractivity (Wildman–Crippen MR) is 159 cm³/mol. The Morgan fingerprint density at radius 3 is 1.51 bits per heavy atom. The number of halogens is 1. The van der Waals surface area contributed by atoms with E-state index >= 15 is 0 Å². The second kappa shape index (κ2) is 12.1. The second-order valence-corrected chi connectivity index (χ2v) is 15.2. The van der Waals surface area contributed by atoms with Gasteiger partial charge in [-0.25, -0.2) is 0 Å². The highest BCUT2D eigenvalue weighted by Gasteiger charge is 2.36. The molecule has 0 spiro atoms. The summed E-state index contributed by atoms with van der Waals surface area (Å²) in [5.74, 6) is 1.45. The molecule has 2 saturated carbocycles. The molecular weight excluding hydrogens is 463 g/mol. The average molecular weight is 511 g/mol. The SMILES string of the molecule is CC(C)c1ccc(-c2c(C(C)C)cccc2C(C)C)c(P(C2CCCCC2)C2CCCCC2)c1Cl. The zero-order valence-corrected chi connectivity index (χ0v) is 24.8. The van der Waals surface area contributed by atoms with Crippen molar-refractivity contribution in [1.82, 2.24) is 0 Å². The number of benzene rings is 2. The Balaban J connectivity index is 2.01. The summed E-state index contributed by atoms with van der Waals surface area (Å²) in [4.78, 5) is 0. The molecular formula is C33H48ClP. The summed E-state index contributed by atoms with van der Waals surface area (Å²) in [6.45, 7) is 14.1. The quantitative estimate of drug-likeness (QED) is 0.325. The number of hydrogen-bond donors (Lipinski definition) is 0. The summed E-state index contributed by atoms with van der Waals surface area (Å²) in [5.41, 5.74) is 9.01. The fourth-order valence-electron chi connectivity index (χ4n) is 6.72. The van der Waals surface area contributed by atoms with Crippen molar-refractivity contribution in [2.45, 2.75) is 135 Å². The van der Waals surface area contributed by atoms with Crippen LogP contribution in [0.1, 0.15) is 140 Å². The molecule has 0 bridgehead atoms. The molecule has 0 amide bonds. The van der Waals surface area contributed by atoms with Gasteiger partial charge < -0.3 is 0 Å². The highest BCUT2D eigenvalue weighted by molar-refractivity contribution is 7.67. The van der Waals surface area contributed by atoms with Crippen LogP contribution in [0.5, 0.6) is 0 Å². The van der Waals surface area contributed by atoms with E-state index in [1.54, 1.807) is 5.30 Å². The van der Waals surface area contributed by atoms with Crippen LogP contribution in [0.3, 0.4) is 0 Å². The van der Waals surface area contributed by atoms with Crippen molar-refractivity contribution in [3.63, 3.8) is 0 Å². The van der Waals surface area contributed by atoms with Crippen LogP contribution in [-0.4, -0.2) is 11.3 Å². The van der Waals surface area contributed by atoms with Crippen molar-refractivity contribution in [1.29, 1.82) is 0 Å². The Kier molecular flexibility index (Phi) is 9.43. The first-order valence-corrected chi connectivity index (χ1v) is 16.4. The van der Waals surface area contributed by atoms with E-state index in [1.807, 2.05) is 0 Å². The number of rotatable bonds is 7. The molecule has 2 aromatic rings. The van der Waals surface area contributed by atoms with Gasteiger partial charge in [0.25, 0.3) is 0 Å². The predicted octanol–water partition coefficient (Wildman–Crippen LogP) is 11.1. The topological polar surface area (TPSA) is 0 Å². The van der Waals surface area contributed by atoms with Crippen LogP contribution in [0, 0.1) is 0 Å². The summed E-state index contributed by atoms with van der Waals surface area (Å²) in [6.07, 6.45) is 14.1. The molecule has 2 fully saturated rings. The Bertz CT molecular complexity index is 933. The lowest BCUT2D eigenvalue weighted by atomic mass is 9.84. The van der Waals surface area contributed by atoms with Gasteiger partial charge in [0.05, 0.1) is 5.02 Å². The fraction of sp³-hybridized carbons (Fsp3) is 0.636. The largest absolute Gasteiger partial charge is 0.0833 e. The molecule has 0 N–H and O–H groups in total. The Morgan fingerprint density at radius 1 is 0.629 bits per heavy atom. The van der Waals surface area contributed by atoms with E-state index in [0.717, 1.165) is 16.3 Å². The lowest BCUT2D eigenvalue weighted by Crippen LogP contribution is -2.28. The molecule has 2 heteroatoms. The van der Waals surface area contributed by atoms with E-state index in [0.29, 0.717) is 17.8 Å². The first-order chi connectivity index (χ1) is 16.8. The molecule has 2 aliphatic rings. The molecule has 0 radical (unpaired) electrons. The van der Waals surface area contributed by atoms with E-state index in [1.165, 1.54) is 92.0 Å². The molecule has 0 nitrogen and oxygen atoms in total. The monoisotopic (exact) mass is 510 g/mol. The Labute approximate surface area is 222 Å². The molecule has 2 aromatic carbocycles. The summed E-state index contributed by atoms with van der Waals surface area (Å²) in [6, 6.07) is 11.9. The third-order valence-electron chi connectivity index (χ3n) is 8.60. The molecule has 0 unspecified atom stereocenters. The third kappa shape index (κ3) is 5.85. The maximum Gasteiger partial charge on any atom is 0.0523 e. The highest BCUT2D eigenvalue weighted by atomic mass is 35.5. The molecule has 0 aliphatic heterocycles. The third-order valence-corrected chi connectivity index (χ3v) is 12.7. The van der Waals surface area contributed by atoms with Crippen LogP contribution in [0.2, 0.25) is 5.02 Å². The maximum atomic E-state index is 7.57. The van der Waals surface area contributed by atoms with Gasteiger partial charge in [-0.3, -0.25) is 0 Å². The van der Waals surface area contributed by atoms with Crippen molar-refractivity contribution in [2.24, 2.45) is 0 Å². The molecule has 0 saturated heterocycles. The minimum Gasteiger partial charge on any atom is -0.0833 e. The first-order valence-electron chi connectivity index (χ1n) is 14.5. The molecule has 192 valence electrons. The second-order valence-electron chi connectivity index (χ2n) is 12.1. The van der Waals surface area contributed by atoms with Crippen molar-refractivity contribution < 1.29 is 0 Å². The maximum absolute atomic E-state index is 7.57. The van der Waals surface area contributed by atoms with Crippen molar-refractivity contribution in [3.05, 3.63) is 52.0 Å². The van der Waals surface area contributed by atoms with Gasteiger partial charge in [-0.1, -0.05) is 130 Å². The van der Waals surface area contributed by atoms with Crippen LogP contribution in [-0.2, 0) is 0 Å². The van der Waals surface area contributed by atoms with Gasteiger partial charge in [-0.2, -0.15) is 0 Å². The van der Waals surface area contributed by atoms with Gasteiger partial charge >= 0.3 is 0 Å². The van der Waals surface area contributed by atoms with Gasteiger partial charge in [0.1, 0.15) is 0 Å². The van der Waals surface area contributed by atoms with Gasteiger partial charge in [-0.15, -0.1) is 0 Å². The van der Waals surface area contributed by atoms with E-state index in [2.05, 4.69) is 71.9 Å². The molecule has 0 heterocycles. The standard InChI is InChI=1S/C33H48ClP/c1-22(2)27-18-13-19-28(23(3)4)31(27)30-21-20-29(24(5)6)32(34)33(30)35(25-14-9-7-10-15-25)26-16-11-8-12-17-26/h13,18-26H,7-12,14-17H2,1-6H3. The van der Waals surface area contributed by atoms with Gasteiger partial charge in [0.15, 0.2) is 0 Å². The van der Waals surface area contributed by atoms with Crippen LogP contribution in [0.15, 0.2) is 30.3 Å². The van der Waals surface area contributed by atoms with E-state index in [-0.39, 0.29) is 7.92 Å². The summed E-state index contributed by atoms with van der Waals surface area (Å²) in [5, 5.41) is 2.70. The van der Waals surface area contributed by atoms with E-state index < -0.39 is 0 Å². The molecule has 0 atom stereocenters. The summed E-state index contributed by atoms with van der Waals surface area (Å²) in [7, 11) is -0.294. The molecule has 0 aromatic heterocycles. The van der Waals surface area contributed by atoms with Crippen molar-refractivity contribution in [2.75, 3.05) is 0 Å². The zero-order valence-electron chi connectivity index (χ0n) is 23.2. The van der Waals surface area contributed by atoms with E-state index in [9.17, 15) is 0 Å². The Hall–Kier alpha value is -0.840. The lowest BCUT2D eigenvalue weighted by molar-refractivity contribution is 0.487. The van der Waals surface area contributed by atoms with E-state index in [4.69, 9.17) is 11.6 Å². The van der Waals surface area contributed by atoms with Gasteiger partial charge in [-0.05, 0) is 82.6 Å². The van der Waals surface area contributed by atoms with Gasteiger partial charge in [0, 0.05) is 5.30 Å². The molecule has 35 heavy (non-hydrogen) atoms. The van der Waals surface area contributed by atoms with Crippen LogP contribution >= 0.6 is 19.5 Å². The average Bonchev–Trinajstić information content (AvgIpc) is 2.85. The fourth-order valence-corrected chi connectivity index (χ4v) is 11.4. The molecule has 2 aliphatic carbocycles. The zero-order chi connectivity index (χ0) is 25.1. The van der Waals surface area contributed by atoms with Crippen LogP contribution in [0.4, 0.5) is 0 Å². The van der Waals surface area contributed by atoms with Crippen molar-refractivity contribution >= 4 is 24.8 Å². The summed E-state index contributed by atoms with van der Waals surface area (Å²) >= 11 is 7.57. The summed E-state index contributed by atoms with van der Waals surface area (Å²) < 4.78 is 0. The van der Waals surface area contributed by atoms with Gasteiger partial charge in [0.2, 0.25) is 0 Å². The highest BCUT2D eigenvalue weighted by Crippen LogP contribution is 2.58. The normalized spacial score (nSPS) is 18.4. The van der Waals surface area contributed by atoms with Crippen molar-refractivity contribution in [3.8, 4) is 11.1 Å². The minimum atomic E-state index is -0.294.